The molecule has 1 N–H and O–H groups in total. The van der Waals surface area contributed by atoms with E-state index < -0.39 is 0 Å². The van der Waals surface area contributed by atoms with Gasteiger partial charge in [-0.05, 0) is 37.6 Å². The molecule has 0 bridgehead atoms. The second-order valence-electron chi connectivity index (χ2n) is 4.71. The zero-order valence-corrected chi connectivity index (χ0v) is 11.6. The Labute approximate surface area is 113 Å². The maximum Gasteiger partial charge on any atom is 0.0595 e. The van der Waals surface area contributed by atoms with Gasteiger partial charge in [0, 0.05) is 25.7 Å². The highest BCUT2D eigenvalue weighted by molar-refractivity contribution is 6.42. The second kappa shape index (κ2) is 6.05. The van der Waals surface area contributed by atoms with E-state index in [1.165, 1.54) is 18.4 Å². The number of likely N-dealkylation sites (N-methyl/N-ethyl adjacent to an activating group) is 1. The summed E-state index contributed by atoms with van der Waals surface area (Å²) in [4.78, 5) is 2.29. The van der Waals surface area contributed by atoms with Gasteiger partial charge in [-0.3, -0.25) is 0 Å². The normalized spacial score (nSPS) is 15.5. The van der Waals surface area contributed by atoms with Crippen molar-refractivity contribution in [3.63, 3.8) is 0 Å². The Morgan fingerprint density at radius 3 is 2.71 bits per heavy atom. The minimum absolute atomic E-state index is 0.619. The average Bonchev–Trinajstić information content (AvgIpc) is 3.07. The molecule has 2 nitrogen and oxygen atoms in total. The third-order valence-electron chi connectivity index (χ3n) is 2.94. The molecule has 1 aromatic rings. The molecule has 94 valence electrons. The van der Waals surface area contributed by atoms with E-state index in [4.69, 9.17) is 23.2 Å². The fourth-order valence-corrected chi connectivity index (χ4v) is 2.10. The number of rotatable bonds is 6. The summed E-state index contributed by atoms with van der Waals surface area (Å²) in [7, 11) is 2.12. The van der Waals surface area contributed by atoms with E-state index in [-0.39, 0.29) is 0 Å². The molecule has 2 rings (SSSR count). The van der Waals surface area contributed by atoms with Crippen LogP contribution in [0.3, 0.4) is 0 Å². The Bertz CT molecular complexity index is 378. The lowest BCUT2D eigenvalue weighted by Crippen LogP contribution is -2.30. The van der Waals surface area contributed by atoms with E-state index in [1.807, 2.05) is 18.2 Å². The molecule has 0 saturated heterocycles. The van der Waals surface area contributed by atoms with Crippen LogP contribution in [0.25, 0.3) is 0 Å². The molecule has 1 aliphatic carbocycles. The molecule has 1 saturated carbocycles. The molecule has 0 atom stereocenters. The van der Waals surface area contributed by atoms with Gasteiger partial charge in [0.05, 0.1) is 10.0 Å². The molecular formula is C13H18Cl2N2. The molecule has 4 heteroatoms. The van der Waals surface area contributed by atoms with E-state index in [0.717, 1.165) is 25.7 Å². The lowest BCUT2D eigenvalue weighted by molar-refractivity contribution is 0.324. The van der Waals surface area contributed by atoms with Gasteiger partial charge in [-0.25, -0.2) is 0 Å². The van der Waals surface area contributed by atoms with Crippen molar-refractivity contribution < 1.29 is 0 Å². The van der Waals surface area contributed by atoms with Crippen molar-refractivity contribution in [2.45, 2.75) is 25.4 Å². The van der Waals surface area contributed by atoms with Crippen LogP contribution in [0.15, 0.2) is 18.2 Å². The summed E-state index contributed by atoms with van der Waals surface area (Å²) in [6, 6.07) is 6.61. The van der Waals surface area contributed by atoms with E-state index in [1.54, 1.807) is 0 Å². The summed E-state index contributed by atoms with van der Waals surface area (Å²) in [5.74, 6) is 0. The maximum absolute atomic E-state index is 5.99. The molecule has 0 amide bonds. The van der Waals surface area contributed by atoms with Crippen LogP contribution in [0, 0.1) is 0 Å². The molecule has 1 aromatic carbocycles. The van der Waals surface area contributed by atoms with Crippen LogP contribution >= 0.6 is 23.2 Å². The number of benzene rings is 1. The number of hydrogen-bond donors (Lipinski definition) is 1. The van der Waals surface area contributed by atoms with Gasteiger partial charge in [-0.1, -0.05) is 29.3 Å². The highest BCUT2D eigenvalue weighted by Crippen LogP contribution is 2.23. The van der Waals surface area contributed by atoms with Crippen LogP contribution in [-0.4, -0.2) is 31.1 Å². The van der Waals surface area contributed by atoms with Gasteiger partial charge in [0.25, 0.3) is 0 Å². The first-order chi connectivity index (χ1) is 8.15. The molecule has 1 aliphatic rings. The number of hydrogen-bond acceptors (Lipinski definition) is 2. The van der Waals surface area contributed by atoms with Crippen molar-refractivity contribution >= 4 is 23.2 Å². The number of nitrogens with one attached hydrogen (secondary N) is 1. The first-order valence-electron chi connectivity index (χ1n) is 6.01. The van der Waals surface area contributed by atoms with Crippen molar-refractivity contribution in [3.8, 4) is 0 Å². The second-order valence-corrected chi connectivity index (χ2v) is 5.53. The van der Waals surface area contributed by atoms with Gasteiger partial charge in [0.1, 0.15) is 0 Å². The molecule has 0 radical (unpaired) electrons. The van der Waals surface area contributed by atoms with E-state index in [0.29, 0.717) is 10.0 Å². The summed E-state index contributed by atoms with van der Waals surface area (Å²) in [6.07, 6.45) is 2.69. The van der Waals surface area contributed by atoms with Crippen molar-refractivity contribution in [1.82, 2.24) is 10.2 Å². The minimum atomic E-state index is 0.619. The summed E-state index contributed by atoms with van der Waals surface area (Å²) in [5.41, 5.74) is 1.20. The topological polar surface area (TPSA) is 15.3 Å². The largest absolute Gasteiger partial charge is 0.313 e. The monoisotopic (exact) mass is 272 g/mol. The Morgan fingerprint density at radius 2 is 2.06 bits per heavy atom. The van der Waals surface area contributed by atoms with Crippen LogP contribution < -0.4 is 5.32 Å². The van der Waals surface area contributed by atoms with Crippen LogP contribution in [0.4, 0.5) is 0 Å². The van der Waals surface area contributed by atoms with Crippen molar-refractivity contribution in [3.05, 3.63) is 33.8 Å². The first-order valence-corrected chi connectivity index (χ1v) is 6.76. The van der Waals surface area contributed by atoms with Crippen molar-refractivity contribution in [2.24, 2.45) is 0 Å². The molecule has 0 aliphatic heterocycles. The van der Waals surface area contributed by atoms with Gasteiger partial charge in [-0.2, -0.15) is 0 Å². The Morgan fingerprint density at radius 1 is 1.29 bits per heavy atom. The number of halogens is 2. The fourth-order valence-electron chi connectivity index (χ4n) is 1.78. The van der Waals surface area contributed by atoms with E-state index in [9.17, 15) is 0 Å². The third kappa shape index (κ3) is 4.47. The van der Waals surface area contributed by atoms with Gasteiger partial charge in [0.2, 0.25) is 0 Å². The molecule has 1 fully saturated rings. The smallest absolute Gasteiger partial charge is 0.0595 e. The summed E-state index contributed by atoms with van der Waals surface area (Å²) >= 11 is 11.9. The fraction of sp³-hybridized carbons (Fsp3) is 0.538. The lowest BCUT2D eigenvalue weighted by Gasteiger charge is -2.17. The number of nitrogens with zero attached hydrogens (tertiary/aromatic N) is 1. The highest BCUT2D eigenvalue weighted by Gasteiger charge is 2.19. The minimum Gasteiger partial charge on any atom is -0.313 e. The maximum atomic E-state index is 5.99. The van der Waals surface area contributed by atoms with Gasteiger partial charge in [0.15, 0.2) is 0 Å². The average molecular weight is 273 g/mol. The van der Waals surface area contributed by atoms with Crippen LogP contribution in [0.2, 0.25) is 10.0 Å². The summed E-state index contributed by atoms with van der Waals surface area (Å²) in [6.45, 7) is 3.02. The predicted octanol–water partition coefficient (Wildman–Crippen LogP) is 3.18. The molecule has 0 heterocycles. The van der Waals surface area contributed by atoms with Gasteiger partial charge >= 0.3 is 0 Å². The Kier molecular flexibility index (Phi) is 4.69. The third-order valence-corrected chi connectivity index (χ3v) is 3.68. The van der Waals surface area contributed by atoms with Crippen molar-refractivity contribution in [2.75, 3.05) is 20.1 Å². The first kappa shape index (κ1) is 13.2. The molecule has 0 spiro atoms. The molecule has 0 aromatic heterocycles. The van der Waals surface area contributed by atoms with E-state index >= 15 is 0 Å². The Hall–Kier alpha value is -0.280. The SMILES string of the molecule is CN(CCNC1CC1)Cc1ccc(Cl)c(Cl)c1. The predicted molar refractivity (Wildman–Crippen MR) is 73.8 cm³/mol. The zero-order valence-electron chi connectivity index (χ0n) is 10.0. The molecular weight excluding hydrogens is 255 g/mol. The van der Waals surface area contributed by atoms with Crippen LogP contribution in [-0.2, 0) is 6.54 Å². The quantitative estimate of drug-likeness (QED) is 0.856. The lowest BCUT2D eigenvalue weighted by atomic mass is 10.2. The zero-order chi connectivity index (χ0) is 12.3. The summed E-state index contributed by atoms with van der Waals surface area (Å²) < 4.78 is 0. The molecule has 17 heavy (non-hydrogen) atoms. The molecule has 0 unspecified atom stereocenters. The standard InChI is InChI=1S/C13H18Cl2N2/c1-17(7-6-16-11-3-4-11)9-10-2-5-12(14)13(15)8-10/h2,5,8,11,16H,3-4,6-7,9H2,1H3. The van der Waals surface area contributed by atoms with E-state index in [2.05, 4.69) is 17.3 Å². The Balaban J connectivity index is 1.75. The van der Waals surface area contributed by atoms with Crippen LogP contribution in [0.5, 0.6) is 0 Å². The van der Waals surface area contributed by atoms with Gasteiger partial charge < -0.3 is 10.2 Å². The van der Waals surface area contributed by atoms with Crippen LogP contribution in [0.1, 0.15) is 18.4 Å². The van der Waals surface area contributed by atoms with Gasteiger partial charge in [-0.15, -0.1) is 0 Å². The van der Waals surface area contributed by atoms with Crippen molar-refractivity contribution in [1.29, 1.82) is 0 Å². The summed E-state index contributed by atoms with van der Waals surface area (Å²) in [5, 5.41) is 4.76. The highest BCUT2D eigenvalue weighted by atomic mass is 35.5.